The molecular weight excluding hydrogens is 182 g/mol. The van der Waals surface area contributed by atoms with Crippen molar-refractivity contribution in [2.45, 2.75) is 19.4 Å². The van der Waals surface area contributed by atoms with E-state index in [-0.39, 0.29) is 0 Å². The second-order valence-electron chi connectivity index (χ2n) is 3.52. The van der Waals surface area contributed by atoms with Crippen molar-refractivity contribution in [3.63, 3.8) is 0 Å². The first-order valence-electron chi connectivity index (χ1n) is 4.92. The zero-order chi connectivity index (χ0) is 10.4. The Labute approximate surface area is 83.9 Å². The Bertz CT molecular complexity index is 215. The number of nitrogens with one attached hydrogen (secondary N) is 1. The fourth-order valence-electron chi connectivity index (χ4n) is 1.56. The van der Waals surface area contributed by atoms with Crippen LogP contribution in [0.4, 0.5) is 0 Å². The van der Waals surface area contributed by atoms with Gasteiger partial charge in [-0.3, -0.25) is 0 Å². The smallest absolute Gasteiger partial charge is 0.328 e. The number of aliphatic carboxylic acids is 1. The summed E-state index contributed by atoms with van der Waals surface area (Å²) >= 11 is 0. The van der Waals surface area contributed by atoms with Crippen molar-refractivity contribution in [3.05, 3.63) is 12.2 Å². The number of ether oxygens (including phenoxy) is 1. The van der Waals surface area contributed by atoms with Crippen molar-refractivity contribution in [2.24, 2.45) is 5.92 Å². The van der Waals surface area contributed by atoms with Gasteiger partial charge in [0.15, 0.2) is 0 Å². The third-order valence-electron chi connectivity index (χ3n) is 2.46. The van der Waals surface area contributed by atoms with Crippen LogP contribution < -0.4 is 5.32 Å². The predicted molar refractivity (Wildman–Crippen MR) is 53.2 cm³/mol. The van der Waals surface area contributed by atoms with E-state index in [1.54, 1.807) is 6.08 Å². The molecule has 0 amide bonds. The molecule has 2 unspecified atom stereocenters. The number of rotatable bonds is 5. The lowest BCUT2D eigenvalue weighted by Gasteiger charge is -2.13. The first kappa shape index (κ1) is 11.2. The highest BCUT2D eigenvalue weighted by atomic mass is 16.5. The summed E-state index contributed by atoms with van der Waals surface area (Å²) in [5.41, 5.74) is 0. The van der Waals surface area contributed by atoms with Gasteiger partial charge in [0.2, 0.25) is 0 Å². The molecule has 1 aliphatic heterocycles. The molecule has 1 saturated heterocycles. The van der Waals surface area contributed by atoms with Crippen molar-refractivity contribution in [1.82, 2.24) is 5.32 Å². The van der Waals surface area contributed by atoms with E-state index in [4.69, 9.17) is 9.84 Å². The Kier molecular flexibility index (Phi) is 4.62. The lowest BCUT2D eigenvalue weighted by molar-refractivity contribution is -0.131. The molecule has 0 aromatic heterocycles. The van der Waals surface area contributed by atoms with Crippen LogP contribution in [0.5, 0.6) is 0 Å². The summed E-state index contributed by atoms with van der Waals surface area (Å²) in [6, 6.07) is 0. The molecule has 0 spiro atoms. The molecule has 0 saturated carbocycles. The Hall–Kier alpha value is -0.870. The van der Waals surface area contributed by atoms with Crippen molar-refractivity contribution < 1.29 is 14.6 Å². The molecule has 0 radical (unpaired) electrons. The largest absolute Gasteiger partial charge is 0.478 e. The minimum atomic E-state index is -0.899. The molecule has 1 rings (SSSR count). The molecule has 0 aliphatic carbocycles. The van der Waals surface area contributed by atoms with Gasteiger partial charge in [-0.2, -0.15) is 0 Å². The van der Waals surface area contributed by atoms with Crippen molar-refractivity contribution in [2.75, 3.05) is 19.7 Å². The maximum Gasteiger partial charge on any atom is 0.328 e. The monoisotopic (exact) mass is 199 g/mol. The summed E-state index contributed by atoms with van der Waals surface area (Å²) in [5, 5.41) is 11.5. The first-order valence-corrected chi connectivity index (χ1v) is 4.92. The topological polar surface area (TPSA) is 58.6 Å². The molecule has 0 aromatic rings. The zero-order valence-corrected chi connectivity index (χ0v) is 8.40. The van der Waals surface area contributed by atoms with E-state index in [1.165, 1.54) is 0 Å². The van der Waals surface area contributed by atoms with Crippen LogP contribution in [0, 0.1) is 5.92 Å². The summed E-state index contributed by atoms with van der Waals surface area (Å²) < 4.78 is 5.41. The van der Waals surface area contributed by atoms with Gasteiger partial charge in [-0.25, -0.2) is 4.79 Å². The van der Waals surface area contributed by atoms with E-state index in [0.29, 0.717) is 18.6 Å². The van der Waals surface area contributed by atoms with Gasteiger partial charge in [-0.15, -0.1) is 0 Å². The van der Waals surface area contributed by atoms with Crippen LogP contribution in [-0.4, -0.2) is 36.9 Å². The summed E-state index contributed by atoms with van der Waals surface area (Å²) in [6.45, 7) is 4.42. The van der Waals surface area contributed by atoms with Gasteiger partial charge >= 0.3 is 5.97 Å². The highest BCUT2D eigenvalue weighted by Gasteiger charge is 2.23. The molecule has 2 atom stereocenters. The van der Waals surface area contributed by atoms with Gasteiger partial charge in [0.1, 0.15) is 0 Å². The molecule has 1 heterocycles. The van der Waals surface area contributed by atoms with E-state index < -0.39 is 5.97 Å². The number of carbonyl (C=O) groups is 1. The van der Waals surface area contributed by atoms with Gasteiger partial charge in [0.05, 0.1) is 6.10 Å². The number of carboxylic acid groups (broad SMARTS) is 1. The van der Waals surface area contributed by atoms with Crippen molar-refractivity contribution >= 4 is 5.97 Å². The standard InChI is InChI=1S/C10H17NO3/c1-8-9(4-6-14-8)7-11-5-2-3-10(12)13/h2-3,8-9,11H,4-7H2,1H3,(H,12,13)/b3-2+. The van der Waals surface area contributed by atoms with E-state index in [2.05, 4.69) is 12.2 Å². The third-order valence-corrected chi connectivity index (χ3v) is 2.46. The highest BCUT2D eigenvalue weighted by Crippen LogP contribution is 2.18. The van der Waals surface area contributed by atoms with Gasteiger partial charge in [-0.1, -0.05) is 6.08 Å². The molecule has 4 heteroatoms. The fourth-order valence-corrected chi connectivity index (χ4v) is 1.56. The first-order chi connectivity index (χ1) is 6.70. The number of hydrogen-bond acceptors (Lipinski definition) is 3. The van der Waals surface area contributed by atoms with Crippen LogP contribution in [0.2, 0.25) is 0 Å². The molecule has 14 heavy (non-hydrogen) atoms. The second-order valence-corrected chi connectivity index (χ2v) is 3.52. The van der Waals surface area contributed by atoms with E-state index >= 15 is 0 Å². The Morgan fingerprint density at radius 2 is 2.50 bits per heavy atom. The minimum Gasteiger partial charge on any atom is -0.478 e. The molecule has 1 fully saturated rings. The third kappa shape index (κ3) is 3.89. The predicted octanol–water partition coefficient (Wildman–Crippen LogP) is 0.642. The van der Waals surface area contributed by atoms with Crippen molar-refractivity contribution in [3.8, 4) is 0 Å². The Morgan fingerprint density at radius 1 is 1.71 bits per heavy atom. The fraction of sp³-hybridized carbons (Fsp3) is 0.700. The Morgan fingerprint density at radius 3 is 3.07 bits per heavy atom. The second kappa shape index (κ2) is 5.78. The summed E-state index contributed by atoms with van der Waals surface area (Å²) in [7, 11) is 0. The average molecular weight is 199 g/mol. The van der Waals surface area contributed by atoms with Gasteiger partial charge in [-0.05, 0) is 19.3 Å². The maximum atomic E-state index is 10.1. The summed E-state index contributed by atoms with van der Waals surface area (Å²) in [6.07, 6.45) is 4.19. The number of hydrogen-bond donors (Lipinski definition) is 2. The van der Waals surface area contributed by atoms with Gasteiger partial charge in [0.25, 0.3) is 0 Å². The van der Waals surface area contributed by atoms with Crippen LogP contribution in [0.15, 0.2) is 12.2 Å². The lowest BCUT2D eigenvalue weighted by Crippen LogP contribution is -2.27. The molecule has 4 nitrogen and oxygen atoms in total. The normalized spacial score (nSPS) is 27.2. The minimum absolute atomic E-state index is 0.325. The molecule has 0 aromatic carbocycles. The maximum absolute atomic E-state index is 10.1. The van der Waals surface area contributed by atoms with E-state index in [9.17, 15) is 4.79 Å². The summed E-state index contributed by atoms with van der Waals surface area (Å²) in [5.74, 6) is -0.336. The quantitative estimate of drug-likeness (QED) is 0.504. The average Bonchev–Trinajstić information content (AvgIpc) is 2.51. The van der Waals surface area contributed by atoms with Gasteiger partial charge in [0, 0.05) is 25.8 Å². The number of carboxylic acids is 1. The Balaban J connectivity index is 2.06. The van der Waals surface area contributed by atoms with Crippen molar-refractivity contribution in [1.29, 1.82) is 0 Å². The van der Waals surface area contributed by atoms with E-state index in [0.717, 1.165) is 25.6 Å². The molecule has 2 N–H and O–H groups in total. The molecule has 0 bridgehead atoms. The SMILES string of the molecule is CC1OCCC1CNC/C=C/C(=O)O. The molecular formula is C10H17NO3. The van der Waals surface area contributed by atoms with Crippen LogP contribution in [0.25, 0.3) is 0 Å². The lowest BCUT2D eigenvalue weighted by atomic mass is 10.0. The van der Waals surface area contributed by atoms with E-state index in [1.807, 2.05) is 0 Å². The summed E-state index contributed by atoms with van der Waals surface area (Å²) in [4.78, 5) is 10.1. The molecule has 80 valence electrons. The van der Waals surface area contributed by atoms with Gasteiger partial charge < -0.3 is 15.2 Å². The van der Waals surface area contributed by atoms with Crippen LogP contribution in [-0.2, 0) is 9.53 Å². The van der Waals surface area contributed by atoms with Crippen LogP contribution in [0.3, 0.4) is 0 Å². The van der Waals surface area contributed by atoms with Crippen LogP contribution in [0.1, 0.15) is 13.3 Å². The molecule has 1 aliphatic rings. The zero-order valence-electron chi connectivity index (χ0n) is 8.40. The van der Waals surface area contributed by atoms with Crippen LogP contribution >= 0.6 is 0 Å². The highest BCUT2D eigenvalue weighted by molar-refractivity contribution is 5.79.